The summed E-state index contributed by atoms with van der Waals surface area (Å²) in [5.41, 5.74) is 0. The largest absolute Gasteiger partial charge is 0.371 e. The highest BCUT2D eigenvalue weighted by Gasteiger charge is 2.25. The third-order valence-electron chi connectivity index (χ3n) is 0.292. The van der Waals surface area contributed by atoms with E-state index >= 15 is 0 Å². The number of halogens is 2. The van der Waals surface area contributed by atoms with Crippen LogP contribution in [0.4, 0.5) is 8.39 Å². The van der Waals surface area contributed by atoms with Crippen LogP contribution in [-0.4, -0.2) is 13.3 Å². The monoisotopic (exact) mass is 178 g/mol. The lowest BCUT2D eigenvalue weighted by Crippen LogP contribution is -1.74. The molecular formula is C2H6F2O3P2. The lowest BCUT2D eigenvalue weighted by Gasteiger charge is -2.03. The smallest absolute Gasteiger partial charge is 0.255 e. The van der Waals surface area contributed by atoms with Gasteiger partial charge in [0.15, 0.2) is 0 Å². The third-order valence-corrected chi connectivity index (χ3v) is 2.63. The van der Waals surface area contributed by atoms with E-state index in [1.807, 2.05) is 0 Å². The molecular weight excluding hydrogens is 172 g/mol. The van der Waals surface area contributed by atoms with Gasteiger partial charge in [0.1, 0.15) is 0 Å². The summed E-state index contributed by atoms with van der Waals surface area (Å²) >= 11 is 0. The Balaban J connectivity index is 4.07. The van der Waals surface area contributed by atoms with Gasteiger partial charge in [-0.3, -0.25) is 9.13 Å². The quantitative estimate of drug-likeness (QED) is 0.610. The number of rotatable bonds is 2. The fourth-order valence-electron chi connectivity index (χ4n) is 0.261. The Labute approximate surface area is 51.5 Å². The Morgan fingerprint density at radius 2 is 1.33 bits per heavy atom. The average molecular weight is 178 g/mol. The van der Waals surface area contributed by atoms with Crippen molar-refractivity contribution in [1.29, 1.82) is 0 Å². The van der Waals surface area contributed by atoms with Gasteiger partial charge in [0.25, 0.3) is 0 Å². The van der Waals surface area contributed by atoms with E-state index in [1.54, 1.807) is 0 Å². The predicted molar refractivity (Wildman–Crippen MR) is 30.4 cm³/mol. The van der Waals surface area contributed by atoms with Gasteiger partial charge < -0.3 is 0 Å². The summed E-state index contributed by atoms with van der Waals surface area (Å²) in [6.07, 6.45) is 0. The summed E-state index contributed by atoms with van der Waals surface area (Å²) < 4.78 is 46.9. The van der Waals surface area contributed by atoms with E-state index in [4.69, 9.17) is 0 Å². The number of hydrogen-bond donors (Lipinski definition) is 0. The molecule has 0 aromatic rings. The lowest BCUT2D eigenvalue weighted by molar-refractivity contribution is 0.405. The molecule has 7 heteroatoms. The van der Waals surface area contributed by atoms with Gasteiger partial charge in [-0.25, -0.2) is 4.31 Å². The second-order valence-corrected chi connectivity index (χ2v) is 5.22. The third kappa shape index (κ3) is 8.28. The zero-order valence-corrected chi connectivity index (χ0v) is 6.66. The van der Waals surface area contributed by atoms with Crippen molar-refractivity contribution in [2.45, 2.75) is 0 Å². The molecule has 2 atom stereocenters. The van der Waals surface area contributed by atoms with E-state index < -0.39 is 15.4 Å². The van der Waals surface area contributed by atoms with Crippen LogP contribution < -0.4 is 0 Å². The van der Waals surface area contributed by atoms with Crippen LogP contribution in [0.15, 0.2) is 0 Å². The Bertz CT molecular complexity index is 158. The zero-order valence-electron chi connectivity index (χ0n) is 4.88. The van der Waals surface area contributed by atoms with Crippen molar-refractivity contribution in [3.05, 3.63) is 0 Å². The maximum Gasteiger partial charge on any atom is 0.371 e. The second kappa shape index (κ2) is 2.49. The van der Waals surface area contributed by atoms with E-state index in [0.717, 1.165) is 0 Å². The Morgan fingerprint density at radius 3 is 1.33 bits per heavy atom. The molecule has 0 aromatic heterocycles. The maximum atomic E-state index is 11.8. The first-order valence-electron chi connectivity index (χ1n) is 1.96. The van der Waals surface area contributed by atoms with Crippen LogP contribution in [0.2, 0.25) is 0 Å². The Kier molecular flexibility index (Phi) is 2.57. The van der Waals surface area contributed by atoms with E-state index in [2.05, 4.69) is 4.31 Å². The van der Waals surface area contributed by atoms with Crippen molar-refractivity contribution in [2.24, 2.45) is 0 Å². The predicted octanol–water partition coefficient (Wildman–Crippen LogP) is 2.59. The van der Waals surface area contributed by atoms with Gasteiger partial charge in [0.2, 0.25) is 0 Å². The molecule has 9 heavy (non-hydrogen) atoms. The standard InChI is InChI=1S/C2H6F2O3P2/c1-8(3,5)7-9(2,4)6/h1-2H3. The molecule has 0 fully saturated rings. The van der Waals surface area contributed by atoms with Gasteiger partial charge in [-0.1, -0.05) is 0 Å². The minimum absolute atomic E-state index is 0.544. The minimum Gasteiger partial charge on any atom is -0.255 e. The molecule has 0 bridgehead atoms. The van der Waals surface area contributed by atoms with Crippen LogP contribution in [0.1, 0.15) is 0 Å². The van der Waals surface area contributed by atoms with Gasteiger partial charge >= 0.3 is 15.4 Å². The highest BCUT2D eigenvalue weighted by atomic mass is 31.3. The molecule has 2 unspecified atom stereocenters. The van der Waals surface area contributed by atoms with Crippen LogP contribution in [0.3, 0.4) is 0 Å². The molecule has 0 aliphatic carbocycles. The van der Waals surface area contributed by atoms with Gasteiger partial charge in [0.05, 0.1) is 0 Å². The summed E-state index contributed by atoms with van der Waals surface area (Å²) in [6, 6.07) is 0. The summed E-state index contributed by atoms with van der Waals surface area (Å²) in [7, 11) is -8.85. The first kappa shape index (κ1) is 9.28. The van der Waals surface area contributed by atoms with Crippen LogP contribution in [0, 0.1) is 0 Å². The average Bonchev–Trinajstić information content (AvgIpc) is 1.14. The highest BCUT2D eigenvalue weighted by Crippen LogP contribution is 2.61. The first-order chi connectivity index (χ1) is 3.71. The summed E-state index contributed by atoms with van der Waals surface area (Å²) in [6.45, 7) is 1.09. The molecule has 0 aliphatic rings. The molecule has 0 aliphatic heterocycles. The molecule has 0 rings (SSSR count). The van der Waals surface area contributed by atoms with E-state index in [-0.39, 0.29) is 0 Å². The van der Waals surface area contributed by atoms with Crippen molar-refractivity contribution < 1.29 is 21.8 Å². The van der Waals surface area contributed by atoms with Crippen molar-refractivity contribution in [2.75, 3.05) is 13.3 Å². The Hall–Kier alpha value is 0.280. The molecule has 0 heterocycles. The fraction of sp³-hybridized carbons (Fsp3) is 1.00. The van der Waals surface area contributed by atoms with E-state index in [0.29, 0.717) is 13.3 Å². The zero-order chi connectivity index (χ0) is 7.71. The van der Waals surface area contributed by atoms with Crippen LogP contribution in [0.5, 0.6) is 0 Å². The van der Waals surface area contributed by atoms with Crippen LogP contribution in [-0.2, 0) is 13.4 Å². The van der Waals surface area contributed by atoms with Crippen molar-refractivity contribution in [3.8, 4) is 0 Å². The van der Waals surface area contributed by atoms with Gasteiger partial charge in [-0.2, -0.15) is 8.39 Å². The number of hydrogen-bond acceptors (Lipinski definition) is 3. The molecule has 0 aromatic carbocycles. The topological polar surface area (TPSA) is 43.4 Å². The van der Waals surface area contributed by atoms with Crippen molar-refractivity contribution in [3.63, 3.8) is 0 Å². The fourth-order valence-corrected chi connectivity index (χ4v) is 2.34. The van der Waals surface area contributed by atoms with Crippen molar-refractivity contribution in [1.82, 2.24) is 0 Å². The molecule has 3 nitrogen and oxygen atoms in total. The normalized spacial score (nSPS) is 24.4. The van der Waals surface area contributed by atoms with Gasteiger partial charge in [0, 0.05) is 13.3 Å². The summed E-state index contributed by atoms with van der Waals surface area (Å²) in [5, 5.41) is 0. The second-order valence-electron chi connectivity index (χ2n) is 1.58. The van der Waals surface area contributed by atoms with E-state index in [9.17, 15) is 17.5 Å². The van der Waals surface area contributed by atoms with Gasteiger partial charge in [-0.15, -0.1) is 0 Å². The molecule has 0 saturated carbocycles. The summed E-state index contributed by atoms with van der Waals surface area (Å²) in [4.78, 5) is 0. The van der Waals surface area contributed by atoms with Crippen LogP contribution in [0.25, 0.3) is 0 Å². The SMILES string of the molecule is CP(=O)(F)OP(C)(=O)F. The molecule has 0 saturated heterocycles. The molecule has 0 radical (unpaired) electrons. The molecule has 56 valence electrons. The first-order valence-corrected chi connectivity index (χ1v) is 5.89. The Morgan fingerprint density at radius 1 is 1.11 bits per heavy atom. The highest BCUT2D eigenvalue weighted by molar-refractivity contribution is 7.66. The lowest BCUT2D eigenvalue weighted by atomic mass is 12.0. The van der Waals surface area contributed by atoms with Crippen molar-refractivity contribution >= 4 is 15.4 Å². The summed E-state index contributed by atoms with van der Waals surface area (Å²) in [5.74, 6) is 0. The van der Waals surface area contributed by atoms with Crippen LogP contribution >= 0.6 is 15.4 Å². The maximum absolute atomic E-state index is 11.8. The molecule has 0 spiro atoms. The van der Waals surface area contributed by atoms with E-state index in [1.165, 1.54) is 0 Å². The molecule has 0 amide bonds. The van der Waals surface area contributed by atoms with Gasteiger partial charge in [-0.05, 0) is 0 Å². The molecule has 0 N–H and O–H groups in total. The minimum atomic E-state index is -4.43.